The van der Waals surface area contributed by atoms with Crippen LogP contribution in [0.1, 0.15) is 20.3 Å². The molecule has 0 aromatic carbocycles. The van der Waals surface area contributed by atoms with Gasteiger partial charge in [-0.15, -0.1) is 18.8 Å². The number of terminal acetylenes is 2. The Morgan fingerprint density at radius 3 is 2.00 bits per heavy atom. The second kappa shape index (κ2) is 2.43. The molecule has 0 amide bonds. The van der Waals surface area contributed by atoms with E-state index in [-0.39, 0.29) is 5.41 Å². The Morgan fingerprint density at radius 2 is 1.88 bits per heavy atom. The van der Waals surface area contributed by atoms with E-state index in [2.05, 4.69) is 11.8 Å². The molecule has 0 aromatic heterocycles. The van der Waals surface area contributed by atoms with Gasteiger partial charge in [0, 0.05) is 11.8 Å². The summed E-state index contributed by atoms with van der Waals surface area (Å²) >= 11 is 0. The first-order valence-electron chi connectivity index (χ1n) is 2.53. The third-order valence-corrected chi connectivity index (χ3v) is 0.935. The summed E-state index contributed by atoms with van der Waals surface area (Å²) in [7, 11) is 0. The molecule has 0 saturated heterocycles. The first-order chi connectivity index (χ1) is 3.62. The molecule has 42 valence electrons. The molecule has 8 heavy (non-hydrogen) atoms. The molecule has 0 nitrogen and oxygen atoms in total. The van der Waals surface area contributed by atoms with Gasteiger partial charge in [0.05, 0.1) is 0 Å². The van der Waals surface area contributed by atoms with Crippen LogP contribution in [0.2, 0.25) is 0 Å². The maximum Gasteiger partial charge on any atom is 0.0364 e. The summed E-state index contributed by atoms with van der Waals surface area (Å²) < 4.78 is 0. The molecular weight excluding hydrogens is 96.1 g/mol. The molecule has 0 heterocycles. The van der Waals surface area contributed by atoms with Crippen molar-refractivity contribution in [3.8, 4) is 24.7 Å². The predicted molar refractivity (Wildman–Crippen MR) is 36.1 cm³/mol. The van der Waals surface area contributed by atoms with Crippen LogP contribution in [0, 0.1) is 30.1 Å². The van der Waals surface area contributed by atoms with E-state index in [1.807, 2.05) is 13.8 Å². The van der Waals surface area contributed by atoms with Crippen LogP contribution in [-0.2, 0) is 0 Å². The zero-order chi connectivity index (χ0) is 6.62. The van der Waals surface area contributed by atoms with Crippen molar-refractivity contribution >= 4 is 0 Å². The average molecular weight is 106 g/mol. The van der Waals surface area contributed by atoms with Crippen molar-refractivity contribution in [3.05, 3.63) is 0 Å². The van der Waals surface area contributed by atoms with Gasteiger partial charge in [0.1, 0.15) is 0 Å². The fourth-order valence-corrected chi connectivity index (χ4v) is 0.306. The Morgan fingerprint density at radius 1 is 1.38 bits per heavy atom. The van der Waals surface area contributed by atoms with Gasteiger partial charge in [-0.1, -0.05) is 5.92 Å². The van der Waals surface area contributed by atoms with E-state index >= 15 is 0 Å². The maximum atomic E-state index is 5.15. The summed E-state index contributed by atoms with van der Waals surface area (Å²) in [5.41, 5.74) is -0.116. The van der Waals surface area contributed by atoms with Crippen molar-refractivity contribution in [1.82, 2.24) is 0 Å². The van der Waals surface area contributed by atoms with Gasteiger partial charge in [0.2, 0.25) is 0 Å². The van der Waals surface area contributed by atoms with Crippen molar-refractivity contribution in [2.24, 2.45) is 5.41 Å². The summed E-state index contributed by atoms with van der Waals surface area (Å²) in [6, 6.07) is 0. The lowest BCUT2D eigenvalue weighted by Gasteiger charge is -2.11. The molecule has 0 bridgehead atoms. The van der Waals surface area contributed by atoms with E-state index in [0.29, 0.717) is 6.42 Å². The molecule has 0 saturated carbocycles. The average Bonchev–Trinajstić information content (AvgIpc) is 1.67. The molecule has 0 atom stereocenters. The van der Waals surface area contributed by atoms with Crippen molar-refractivity contribution in [2.75, 3.05) is 0 Å². The van der Waals surface area contributed by atoms with Gasteiger partial charge in [-0.25, -0.2) is 0 Å². The van der Waals surface area contributed by atoms with Crippen LogP contribution in [0.4, 0.5) is 0 Å². The minimum atomic E-state index is -0.116. The van der Waals surface area contributed by atoms with Gasteiger partial charge in [-0.05, 0) is 13.8 Å². The highest BCUT2D eigenvalue weighted by molar-refractivity contribution is 5.06. The monoisotopic (exact) mass is 106 g/mol. The maximum absolute atomic E-state index is 5.15. The quantitative estimate of drug-likeness (QED) is 0.446. The van der Waals surface area contributed by atoms with Gasteiger partial charge in [-0.2, -0.15) is 0 Å². The Balaban J connectivity index is 3.82. The Kier molecular flexibility index (Phi) is 2.17. The van der Waals surface area contributed by atoms with Gasteiger partial charge in [-0.3, -0.25) is 0 Å². The van der Waals surface area contributed by atoms with E-state index in [0.717, 1.165) is 0 Å². The van der Waals surface area contributed by atoms with Crippen LogP contribution >= 0.6 is 0 Å². The Hall–Kier alpha value is -0.880. The SMILES string of the molecule is C#CCC(C)(C)C#C. The fourth-order valence-electron chi connectivity index (χ4n) is 0.306. The number of rotatable bonds is 1. The highest BCUT2D eigenvalue weighted by atomic mass is 14.1. The van der Waals surface area contributed by atoms with E-state index in [1.54, 1.807) is 0 Å². The predicted octanol–water partition coefficient (Wildman–Crippen LogP) is 1.67. The van der Waals surface area contributed by atoms with Crippen molar-refractivity contribution in [1.29, 1.82) is 0 Å². The van der Waals surface area contributed by atoms with E-state index in [1.165, 1.54) is 0 Å². The second-order valence-electron chi connectivity index (χ2n) is 2.41. The molecule has 0 aromatic rings. The summed E-state index contributed by atoms with van der Waals surface area (Å²) in [5.74, 6) is 5.12. The molecular formula is C8H10. The van der Waals surface area contributed by atoms with Crippen LogP contribution in [0.25, 0.3) is 0 Å². The normalized spacial score (nSPS) is 9.50. The number of hydrogen-bond acceptors (Lipinski definition) is 0. The standard InChI is InChI=1S/C8H10/c1-5-7-8(3,4)6-2/h1-2H,7H2,3-4H3. The molecule has 0 aliphatic carbocycles. The highest BCUT2D eigenvalue weighted by Crippen LogP contribution is 2.16. The van der Waals surface area contributed by atoms with Gasteiger partial charge < -0.3 is 0 Å². The van der Waals surface area contributed by atoms with E-state index in [9.17, 15) is 0 Å². The van der Waals surface area contributed by atoms with Crippen LogP contribution in [-0.4, -0.2) is 0 Å². The van der Waals surface area contributed by atoms with Gasteiger partial charge in [0.25, 0.3) is 0 Å². The first-order valence-corrected chi connectivity index (χ1v) is 2.53. The lowest BCUT2D eigenvalue weighted by Crippen LogP contribution is -2.04. The highest BCUT2D eigenvalue weighted by Gasteiger charge is 2.10. The minimum absolute atomic E-state index is 0.116. The molecule has 0 unspecified atom stereocenters. The molecule has 0 N–H and O–H groups in total. The fraction of sp³-hybridized carbons (Fsp3) is 0.500. The van der Waals surface area contributed by atoms with Crippen LogP contribution < -0.4 is 0 Å². The van der Waals surface area contributed by atoms with Gasteiger partial charge in [0.15, 0.2) is 0 Å². The van der Waals surface area contributed by atoms with Crippen molar-refractivity contribution in [3.63, 3.8) is 0 Å². The molecule has 0 aliphatic heterocycles. The van der Waals surface area contributed by atoms with Crippen molar-refractivity contribution < 1.29 is 0 Å². The van der Waals surface area contributed by atoms with Crippen molar-refractivity contribution in [2.45, 2.75) is 20.3 Å². The molecule has 0 spiro atoms. The van der Waals surface area contributed by atoms with Crippen LogP contribution in [0.15, 0.2) is 0 Å². The third-order valence-electron chi connectivity index (χ3n) is 0.935. The summed E-state index contributed by atoms with van der Waals surface area (Å²) in [4.78, 5) is 0. The zero-order valence-corrected chi connectivity index (χ0v) is 5.36. The third kappa shape index (κ3) is 2.32. The Bertz CT molecular complexity index is 138. The largest absolute Gasteiger partial charge is 0.120 e. The van der Waals surface area contributed by atoms with Crippen LogP contribution in [0.5, 0.6) is 0 Å². The van der Waals surface area contributed by atoms with Crippen LogP contribution in [0.3, 0.4) is 0 Å². The zero-order valence-electron chi connectivity index (χ0n) is 5.36. The van der Waals surface area contributed by atoms with E-state index in [4.69, 9.17) is 12.8 Å². The summed E-state index contributed by atoms with van der Waals surface area (Å²) in [5, 5.41) is 0. The summed E-state index contributed by atoms with van der Waals surface area (Å²) in [6.45, 7) is 3.90. The molecule has 0 aliphatic rings. The van der Waals surface area contributed by atoms with E-state index < -0.39 is 0 Å². The summed E-state index contributed by atoms with van der Waals surface area (Å²) in [6.07, 6.45) is 10.8. The molecule has 0 fully saturated rings. The number of hydrogen-bond donors (Lipinski definition) is 0. The lowest BCUT2D eigenvalue weighted by molar-refractivity contribution is 0.522. The first kappa shape index (κ1) is 7.12. The molecule has 0 radical (unpaired) electrons. The molecule has 0 heteroatoms. The topological polar surface area (TPSA) is 0 Å². The lowest BCUT2D eigenvalue weighted by atomic mass is 9.91. The minimum Gasteiger partial charge on any atom is -0.120 e. The van der Waals surface area contributed by atoms with Gasteiger partial charge >= 0.3 is 0 Å². The smallest absolute Gasteiger partial charge is 0.0364 e. The Labute approximate surface area is 51.3 Å². The molecule has 0 rings (SSSR count). The second-order valence-corrected chi connectivity index (χ2v) is 2.41.